The molecule has 258 valence electrons. The molecule has 3 heterocycles. The summed E-state index contributed by atoms with van der Waals surface area (Å²) < 4.78 is 58.3. The van der Waals surface area contributed by atoms with E-state index >= 15 is 0 Å². The van der Waals surface area contributed by atoms with Crippen LogP contribution in [-0.4, -0.2) is 47.1 Å². The molecule has 4 aromatic carbocycles. The minimum Gasteiger partial charge on any atom is -0.463 e. The summed E-state index contributed by atoms with van der Waals surface area (Å²) in [5.74, 6) is 1.53. The van der Waals surface area contributed by atoms with E-state index in [4.69, 9.17) is 23.3 Å². The van der Waals surface area contributed by atoms with Gasteiger partial charge < -0.3 is 23.3 Å². The summed E-state index contributed by atoms with van der Waals surface area (Å²) in [6.07, 6.45) is 2.35. The number of fused-ring (bicyclic) bond motifs is 6. The fraction of sp³-hybridized carbons (Fsp3) is 0.289. The van der Waals surface area contributed by atoms with Gasteiger partial charge in [-0.3, -0.25) is 9.13 Å². The number of rotatable bonds is 14. The van der Waals surface area contributed by atoms with Crippen molar-refractivity contribution in [3.63, 3.8) is 0 Å². The highest BCUT2D eigenvalue weighted by Gasteiger charge is 2.36. The maximum absolute atomic E-state index is 14.1. The van der Waals surface area contributed by atoms with Crippen molar-refractivity contribution >= 4 is 25.3 Å². The van der Waals surface area contributed by atoms with Gasteiger partial charge >= 0.3 is 18.0 Å². The molecule has 50 heavy (non-hydrogen) atoms. The number of para-hydroxylation sites is 2. The Kier molecular flexibility index (Phi) is 9.93. The predicted molar refractivity (Wildman–Crippen MR) is 194 cm³/mol. The van der Waals surface area contributed by atoms with Gasteiger partial charge in [0.2, 0.25) is 0 Å². The molecular weight excluding hydrogens is 672 g/mol. The molecule has 5 aromatic rings. The molecule has 0 saturated heterocycles. The van der Waals surface area contributed by atoms with Crippen LogP contribution in [0.2, 0.25) is 0 Å². The van der Waals surface area contributed by atoms with E-state index < -0.39 is 14.7 Å². The Morgan fingerprint density at radius 3 is 1.44 bits per heavy atom. The molecule has 0 saturated carbocycles. The third-order valence-electron chi connectivity index (χ3n) is 8.81. The molecule has 2 aliphatic rings. The van der Waals surface area contributed by atoms with Gasteiger partial charge in [-0.15, -0.1) is 15.0 Å². The number of nitrogens with zero attached hydrogens (tertiary/aromatic N) is 3. The van der Waals surface area contributed by atoms with Gasteiger partial charge in [0.25, 0.3) is 14.7 Å². The summed E-state index contributed by atoms with van der Waals surface area (Å²) in [6, 6.07) is 30.8. The Bertz CT molecular complexity index is 1950. The average molecular weight is 712 g/mol. The largest absolute Gasteiger partial charge is 0.463 e. The quantitative estimate of drug-likeness (QED) is 0.0825. The van der Waals surface area contributed by atoms with E-state index in [1.54, 1.807) is 0 Å². The highest BCUT2D eigenvalue weighted by Crippen LogP contribution is 2.56. The summed E-state index contributed by atoms with van der Waals surface area (Å²) in [6.45, 7) is 4.96. The Morgan fingerprint density at radius 2 is 0.980 bits per heavy atom. The van der Waals surface area contributed by atoms with E-state index in [0.29, 0.717) is 47.5 Å². The smallest absolute Gasteiger partial charge is 0.325 e. The van der Waals surface area contributed by atoms with Crippen LogP contribution in [0.3, 0.4) is 0 Å². The number of ether oxygens (including phenoxy) is 3. The summed E-state index contributed by atoms with van der Waals surface area (Å²) in [5, 5.41) is 1.42. The summed E-state index contributed by atoms with van der Waals surface area (Å²) in [5.41, 5.74) is 3.72. The van der Waals surface area contributed by atoms with Gasteiger partial charge in [-0.1, -0.05) is 93.1 Å². The van der Waals surface area contributed by atoms with Gasteiger partial charge in [0, 0.05) is 23.5 Å². The van der Waals surface area contributed by atoms with Crippen molar-refractivity contribution in [3.05, 3.63) is 97.1 Å². The van der Waals surface area contributed by atoms with Crippen LogP contribution in [0.15, 0.2) is 97.1 Å². The van der Waals surface area contributed by atoms with E-state index in [2.05, 4.69) is 28.8 Å². The zero-order valence-electron chi connectivity index (χ0n) is 28.1. The van der Waals surface area contributed by atoms with Crippen molar-refractivity contribution in [2.24, 2.45) is 5.92 Å². The summed E-state index contributed by atoms with van der Waals surface area (Å²) in [7, 11) is -6.38. The first-order valence-electron chi connectivity index (χ1n) is 16.9. The van der Waals surface area contributed by atoms with Crippen molar-refractivity contribution in [3.8, 4) is 51.8 Å². The molecule has 0 radical (unpaired) electrons. The Balaban J connectivity index is 0.998. The van der Waals surface area contributed by atoms with Gasteiger partial charge in [-0.05, 0) is 54.2 Å². The third kappa shape index (κ3) is 7.14. The zero-order valence-corrected chi connectivity index (χ0v) is 29.9. The molecule has 0 spiro atoms. The summed E-state index contributed by atoms with van der Waals surface area (Å²) in [4.78, 5) is 13.1. The first-order valence-corrected chi connectivity index (χ1v) is 20.6. The molecule has 10 nitrogen and oxygen atoms in total. The van der Waals surface area contributed by atoms with Crippen molar-refractivity contribution in [1.82, 2.24) is 15.0 Å². The van der Waals surface area contributed by atoms with Crippen molar-refractivity contribution in [1.29, 1.82) is 0 Å². The zero-order chi connectivity index (χ0) is 34.6. The first kappa shape index (κ1) is 33.8. The minimum absolute atomic E-state index is 0.0386. The second-order valence-electron chi connectivity index (χ2n) is 12.4. The lowest BCUT2D eigenvalue weighted by Gasteiger charge is -2.28. The minimum atomic E-state index is -3.19. The Labute approximate surface area is 292 Å². The molecule has 0 amide bonds. The lowest BCUT2D eigenvalue weighted by molar-refractivity contribution is 0.213. The van der Waals surface area contributed by atoms with Crippen LogP contribution in [0, 0.1) is 5.92 Å². The van der Waals surface area contributed by atoms with Gasteiger partial charge in [-0.2, -0.15) is 0 Å². The maximum Gasteiger partial charge on any atom is 0.325 e. The van der Waals surface area contributed by atoms with E-state index in [-0.39, 0.29) is 43.6 Å². The third-order valence-corrected chi connectivity index (χ3v) is 13.9. The fourth-order valence-corrected chi connectivity index (χ4v) is 10.7. The van der Waals surface area contributed by atoms with Crippen LogP contribution in [0.5, 0.6) is 29.5 Å². The van der Waals surface area contributed by atoms with E-state index in [0.717, 1.165) is 28.7 Å². The van der Waals surface area contributed by atoms with E-state index in [9.17, 15) is 9.13 Å². The molecule has 12 heteroatoms. The first-order chi connectivity index (χ1) is 24.3. The second-order valence-corrected chi connectivity index (χ2v) is 17.3. The number of benzene rings is 4. The van der Waals surface area contributed by atoms with Crippen molar-refractivity contribution < 1.29 is 32.4 Å². The highest BCUT2D eigenvalue weighted by molar-refractivity contribution is 7.68. The molecule has 2 aliphatic heterocycles. The van der Waals surface area contributed by atoms with E-state index in [1.807, 2.05) is 97.1 Å². The molecule has 3 unspecified atom stereocenters. The van der Waals surface area contributed by atoms with Crippen LogP contribution in [0.1, 0.15) is 33.1 Å². The molecule has 1 aromatic heterocycles. The summed E-state index contributed by atoms with van der Waals surface area (Å²) >= 11 is 0. The lowest BCUT2D eigenvalue weighted by atomic mass is 10.0. The van der Waals surface area contributed by atoms with Crippen LogP contribution < -0.4 is 33.9 Å². The number of hydrogen-bond donors (Lipinski definition) is 0. The normalized spacial score (nSPS) is 19.0. The lowest BCUT2D eigenvalue weighted by Crippen LogP contribution is -2.20. The molecule has 0 aliphatic carbocycles. The average Bonchev–Trinajstić information content (AvgIpc) is 3.14. The standard InChI is InChI=1S/C38H39N3O7P2/c1-3-27(2)26-46-38-40-36(44-22-12-24-49(42)34-20-10-6-16-30(34)28-14-4-8-18-32(28)47-49)39-37(41-38)45-23-13-25-50(43)35-21-11-7-17-31(35)29-15-5-9-19-33(29)48-50/h4-11,14-21,27H,3,12-13,22-26H2,1-2H3. The SMILES string of the molecule is CCC(C)COc1nc(OCCCP2(=O)Oc3ccccc3-c3ccccc32)nc(OCCCP2(=O)Oc3ccccc3-c3ccccc32)n1. The Morgan fingerprint density at radius 1 is 0.580 bits per heavy atom. The van der Waals surface area contributed by atoms with Gasteiger partial charge in [0.05, 0.1) is 30.4 Å². The molecular formula is C38H39N3O7P2. The number of aromatic nitrogens is 3. The molecule has 0 bridgehead atoms. The topological polar surface area (TPSA) is 119 Å². The van der Waals surface area contributed by atoms with E-state index in [1.165, 1.54) is 0 Å². The molecule has 3 atom stereocenters. The fourth-order valence-electron chi connectivity index (χ4n) is 6.00. The van der Waals surface area contributed by atoms with Crippen LogP contribution in [-0.2, 0) is 9.13 Å². The van der Waals surface area contributed by atoms with Crippen molar-refractivity contribution in [2.75, 3.05) is 32.1 Å². The van der Waals surface area contributed by atoms with Crippen LogP contribution >= 0.6 is 14.7 Å². The highest BCUT2D eigenvalue weighted by atomic mass is 31.2. The maximum atomic E-state index is 14.1. The monoisotopic (exact) mass is 711 g/mol. The van der Waals surface area contributed by atoms with Crippen LogP contribution in [0.25, 0.3) is 22.3 Å². The van der Waals surface area contributed by atoms with Crippen molar-refractivity contribution in [2.45, 2.75) is 33.1 Å². The molecule has 7 rings (SSSR count). The molecule has 0 N–H and O–H groups in total. The molecule has 0 fully saturated rings. The predicted octanol–water partition coefficient (Wildman–Crippen LogP) is 8.16. The van der Waals surface area contributed by atoms with Crippen LogP contribution in [0.4, 0.5) is 0 Å². The van der Waals surface area contributed by atoms with Gasteiger partial charge in [0.15, 0.2) is 0 Å². The second kappa shape index (κ2) is 14.7. The van der Waals surface area contributed by atoms with Gasteiger partial charge in [0.1, 0.15) is 11.5 Å². The van der Waals surface area contributed by atoms with Gasteiger partial charge in [-0.25, -0.2) is 0 Å². The number of hydrogen-bond acceptors (Lipinski definition) is 10. The Hall–Kier alpha value is -4.65.